The van der Waals surface area contributed by atoms with E-state index in [1.165, 1.54) is 6.42 Å². The van der Waals surface area contributed by atoms with Gasteiger partial charge in [-0.1, -0.05) is 52.3 Å². The number of para-hydroxylation sites is 1. The molecule has 0 fully saturated rings. The molecule has 0 bridgehead atoms. The molecule has 1 aliphatic heterocycles. The lowest BCUT2D eigenvalue weighted by atomic mass is 10.2. The van der Waals surface area contributed by atoms with Crippen molar-refractivity contribution in [2.45, 2.75) is 40.7 Å². The number of ether oxygens (including phenoxy) is 2. The van der Waals surface area contributed by atoms with E-state index in [1.54, 1.807) is 0 Å². The van der Waals surface area contributed by atoms with Crippen molar-refractivity contribution < 1.29 is 9.47 Å². The van der Waals surface area contributed by atoms with Crippen LogP contribution in [-0.2, 0) is 11.3 Å². The number of rotatable bonds is 0. The molecule has 0 aliphatic carbocycles. The minimum absolute atomic E-state index is 0.386. The Kier molecular flexibility index (Phi) is 8.88. The van der Waals surface area contributed by atoms with E-state index in [4.69, 9.17) is 9.47 Å². The molecular weight excluding hydrogens is 188 g/mol. The number of hydrogen-bond donors (Lipinski definition) is 0. The summed E-state index contributed by atoms with van der Waals surface area (Å²) in [6.45, 7) is 9.31. The van der Waals surface area contributed by atoms with Crippen molar-refractivity contribution in [3.63, 3.8) is 0 Å². The Hall–Kier alpha value is -1.02. The van der Waals surface area contributed by atoms with Gasteiger partial charge >= 0.3 is 0 Å². The summed E-state index contributed by atoms with van der Waals surface area (Å²) in [6.07, 6.45) is 1.25. The van der Waals surface area contributed by atoms with Crippen LogP contribution in [-0.4, -0.2) is 6.79 Å². The summed E-state index contributed by atoms with van der Waals surface area (Å²) in [4.78, 5) is 0. The van der Waals surface area contributed by atoms with Gasteiger partial charge in [0, 0.05) is 5.56 Å². The second kappa shape index (κ2) is 9.53. The summed E-state index contributed by atoms with van der Waals surface area (Å²) in [5, 5.41) is 0. The molecule has 0 unspecified atom stereocenters. The average Bonchev–Trinajstić information content (AvgIpc) is 2.33. The zero-order chi connectivity index (χ0) is 11.5. The largest absolute Gasteiger partial charge is 0.467 e. The molecule has 0 spiro atoms. The van der Waals surface area contributed by atoms with E-state index >= 15 is 0 Å². The highest BCUT2D eigenvalue weighted by molar-refractivity contribution is 5.33. The molecule has 15 heavy (non-hydrogen) atoms. The fraction of sp³-hybridized carbons (Fsp3) is 0.538. The highest BCUT2D eigenvalue weighted by atomic mass is 16.7. The van der Waals surface area contributed by atoms with Gasteiger partial charge in [0.25, 0.3) is 0 Å². The SMILES string of the molecule is CC.CCC.c1ccc2c(c1)COCO2. The standard InChI is InChI=1S/C8H8O2.C3H8.C2H6/c1-2-4-8-7(3-1)5-9-6-10-8;1-3-2;1-2/h1-4H,5-6H2;3H2,1-2H3;1-2H3. The van der Waals surface area contributed by atoms with Crippen molar-refractivity contribution in [2.24, 2.45) is 0 Å². The molecule has 0 saturated heterocycles. The van der Waals surface area contributed by atoms with Crippen LogP contribution in [0.4, 0.5) is 0 Å². The first-order valence-electron chi connectivity index (χ1n) is 5.67. The Morgan fingerprint density at radius 1 is 1.13 bits per heavy atom. The monoisotopic (exact) mass is 210 g/mol. The predicted octanol–water partition coefficient (Wildman–Crippen LogP) is 4.00. The molecule has 1 aromatic carbocycles. The Morgan fingerprint density at radius 3 is 2.33 bits per heavy atom. The molecule has 1 aromatic rings. The van der Waals surface area contributed by atoms with Crippen LogP contribution in [0.5, 0.6) is 5.75 Å². The normalized spacial score (nSPS) is 12.0. The van der Waals surface area contributed by atoms with E-state index in [0.29, 0.717) is 13.4 Å². The number of fused-ring (bicyclic) bond motifs is 1. The maximum Gasteiger partial charge on any atom is 0.189 e. The number of benzene rings is 1. The van der Waals surface area contributed by atoms with Crippen molar-refractivity contribution in [1.82, 2.24) is 0 Å². The fourth-order valence-corrected chi connectivity index (χ4v) is 1.02. The van der Waals surface area contributed by atoms with E-state index in [-0.39, 0.29) is 0 Å². The summed E-state index contributed by atoms with van der Waals surface area (Å²) < 4.78 is 10.3. The average molecular weight is 210 g/mol. The third-order valence-corrected chi connectivity index (χ3v) is 1.53. The van der Waals surface area contributed by atoms with Gasteiger partial charge in [-0.25, -0.2) is 0 Å². The van der Waals surface area contributed by atoms with E-state index in [9.17, 15) is 0 Å². The van der Waals surface area contributed by atoms with E-state index in [1.807, 2.05) is 38.1 Å². The fourth-order valence-electron chi connectivity index (χ4n) is 1.02. The molecule has 0 aromatic heterocycles. The first-order valence-corrected chi connectivity index (χ1v) is 5.67. The van der Waals surface area contributed by atoms with Gasteiger partial charge in [-0.2, -0.15) is 0 Å². The van der Waals surface area contributed by atoms with Crippen molar-refractivity contribution in [1.29, 1.82) is 0 Å². The first-order chi connectivity index (χ1) is 7.38. The minimum atomic E-state index is 0.386. The van der Waals surface area contributed by atoms with Crippen molar-refractivity contribution in [3.8, 4) is 5.75 Å². The third kappa shape index (κ3) is 5.43. The van der Waals surface area contributed by atoms with Gasteiger partial charge in [0.1, 0.15) is 5.75 Å². The Labute approximate surface area is 93.2 Å². The molecule has 0 radical (unpaired) electrons. The highest BCUT2D eigenvalue weighted by Crippen LogP contribution is 2.21. The highest BCUT2D eigenvalue weighted by Gasteiger charge is 2.07. The molecule has 0 amide bonds. The lowest BCUT2D eigenvalue weighted by Crippen LogP contribution is -2.10. The van der Waals surface area contributed by atoms with Crippen LogP contribution in [0.1, 0.15) is 39.7 Å². The predicted molar refractivity (Wildman–Crippen MR) is 64.0 cm³/mol. The molecule has 0 atom stereocenters. The van der Waals surface area contributed by atoms with Gasteiger partial charge in [-0.3, -0.25) is 0 Å². The quantitative estimate of drug-likeness (QED) is 0.644. The topological polar surface area (TPSA) is 18.5 Å². The summed E-state index contributed by atoms with van der Waals surface area (Å²) in [6, 6.07) is 7.91. The molecule has 2 heteroatoms. The zero-order valence-electron chi connectivity index (χ0n) is 10.2. The van der Waals surface area contributed by atoms with E-state index < -0.39 is 0 Å². The van der Waals surface area contributed by atoms with E-state index in [0.717, 1.165) is 11.3 Å². The lowest BCUT2D eigenvalue weighted by molar-refractivity contribution is -0.0163. The minimum Gasteiger partial charge on any atom is -0.467 e. The summed E-state index contributed by atoms with van der Waals surface area (Å²) in [7, 11) is 0. The molecule has 1 aliphatic rings. The van der Waals surface area contributed by atoms with Crippen LogP contribution >= 0.6 is 0 Å². The van der Waals surface area contributed by atoms with Crippen LogP contribution in [0.15, 0.2) is 24.3 Å². The maximum atomic E-state index is 5.20. The Bertz CT molecular complexity index is 221. The summed E-state index contributed by atoms with van der Waals surface area (Å²) in [5.74, 6) is 0.953. The number of hydrogen-bond acceptors (Lipinski definition) is 2. The van der Waals surface area contributed by atoms with Crippen molar-refractivity contribution >= 4 is 0 Å². The van der Waals surface area contributed by atoms with Gasteiger partial charge in [0.2, 0.25) is 0 Å². The molecule has 2 nitrogen and oxygen atoms in total. The molecule has 1 heterocycles. The molecule has 0 saturated carbocycles. The Balaban J connectivity index is 0.000000342. The van der Waals surface area contributed by atoms with Gasteiger partial charge in [0.05, 0.1) is 6.61 Å². The zero-order valence-corrected chi connectivity index (χ0v) is 10.2. The van der Waals surface area contributed by atoms with Gasteiger partial charge in [-0.15, -0.1) is 0 Å². The van der Waals surface area contributed by atoms with Crippen molar-refractivity contribution in [2.75, 3.05) is 6.79 Å². The van der Waals surface area contributed by atoms with Crippen LogP contribution in [0.3, 0.4) is 0 Å². The second-order valence-electron chi connectivity index (χ2n) is 2.93. The summed E-state index contributed by atoms with van der Waals surface area (Å²) >= 11 is 0. The first kappa shape index (κ1) is 14.0. The Morgan fingerprint density at radius 2 is 1.73 bits per heavy atom. The van der Waals surface area contributed by atoms with Crippen LogP contribution in [0.25, 0.3) is 0 Å². The third-order valence-electron chi connectivity index (χ3n) is 1.53. The summed E-state index contributed by atoms with van der Waals surface area (Å²) in [5.41, 5.74) is 1.13. The molecule has 86 valence electrons. The smallest absolute Gasteiger partial charge is 0.189 e. The molecule has 0 N–H and O–H groups in total. The van der Waals surface area contributed by atoms with Crippen LogP contribution in [0.2, 0.25) is 0 Å². The van der Waals surface area contributed by atoms with Crippen LogP contribution < -0.4 is 4.74 Å². The lowest BCUT2D eigenvalue weighted by Gasteiger charge is -2.16. The van der Waals surface area contributed by atoms with E-state index in [2.05, 4.69) is 13.8 Å². The molecule has 2 rings (SSSR count). The maximum absolute atomic E-state index is 5.20. The second-order valence-corrected chi connectivity index (χ2v) is 2.93. The van der Waals surface area contributed by atoms with Gasteiger partial charge in [0.15, 0.2) is 6.79 Å². The van der Waals surface area contributed by atoms with Gasteiger partial charge < -0.3 is 9.47 Å². The van der Waals surface area contributed by atoms with Gasteiger partial charge in [-0.05, 0) is 6.07 Å². The van der Waals surface area contributed by atoms with Crippen LogP contribution in [0, 0.1) is 0 Å². The molecular formula is C13H22O2. The van der Waals surface area contributed by atoms with Crippen molar-refractivity contribution in [3.05, 3.63) is 29.8 Å².